The van der Waals surface area contributed by atoms with E-state index in [1.54, 1.807) is 12.1 Å². The lowest BCUT2D eigenvalue weighted by Crippen LogP contribution is -2.12. The van der Waals surface area contributed by atoms with E-state index in [-0.39, 0.29) is 5.56 Å². The van der Waals surface area contributed by atoms with Crippen molar-refractivity contribution in [3.05, 3.63) is 57.3 Å². The molecule has 0 saturated heterocycles. The first kappa shape index (κ1) is 14.5. The highest BCUT2D eigenvalue weighted by Crippen LogP contribution is 2.20. The SMILES string of the molecule is O=C(O)c1cncc(NC(=O)c2cc(Cl)cc(Br)c2)c1. The zero-order valence-electron chi connectivity index (χ0n) is 9.93. The van der Waals surface area contributed by atoms with Crippen molar-refractivity contribution in [1.29, 1.82) is 0 Å². The van der Waals surface area contributed by atoms with E-state index >= 15 is 0 Å². The highest BCUT2D eigenvalue weighted by molar-refractivity contribution is 9.10. The Bertz CT molecular complexity index is 671. The fraction of sp³-hybridized carbons (Fsp3) is 0. The minimum atomic E-state index is -1.11. The number of carboxylic acid groups (broad SMARTS) is 1. The van der Waals surface area contributed by atoms with Gasteiger partial charge in [0.2, 0.25) is 0 Å². The molecule has 2 N–H and O–H groups in total. The van der Waals surface area contributed by atoms with Crippen LogP contribution < -0.4 is 5.32 Å². The van der Waals surface area contributed by atoms with Crippen LogP contribution in [0.4, 0.5) is 5.69 Å². The van der Waals surface area contributed by atoms with E-state index in [1.807, 2.05) is 0 Å². The molecule has 0 aliphatic carbocycles. The van der Waals surface area contributed by atoms with Crippen LogP contribution in [-0.4, -0.2) is 22.0 Å². The van der Waals surface area contributed by atoms with E-state index in [1.165, 1.54) is 24.5 Å². The van der Waals surface area contributed by atoms with Crippen LogP contribution in [-0.2, 0) is 0 Å². The van der Waals surface area contributed by atoms with Crippen molar-refractivity contribution >= 4 is 45.1 Å². The Morgan fingerprint density at radius 3 is 2.55 bits per heavy atom. The molecule has 1 aromatic heterocycles. The van der Waals surface area contributed by atoms with Crippen LogP contribution in [0.5, 0.6) is 0 Å². The van der Waals surface area contributed by atoms with Gasteiger partial charge in [0.1, 0.15) is 0 Å². The highest BCUT2D eigenvalue weighted by atomic mass is 79.9. The van der Waals surface area contributed by atoms with Crippen LogP contribution in [0, 0.1) is 0 Å². The number of carbonyl (C=O) groups is 2. The van der Waals surface area contributed by atoms with Gasteiger partial charge in [-0.05, 0) is 24.3 Å². The maximum Gasteiger partial charge on any atom is 0.337 e. The van der Waals surface area contributed by atoms with E-state index in [9.17, 15) is 9.59 Å². The summed E-state index contributed by atoms with van der Waals surface area (Å²) in [6, 6.07) is 6.10. The smallest absolute Gasteiger partial charge is 0.337 e. The molecule has 0 fully saturated rings. The van der Waals surface area contributed by atoms with Crippen molar-refractivity contribution in [3.8, 4) is 0 Å². The molecule has 0 saturated carbocycles. The Morgan fingerprint density at radius 1 is 1.15 bits per heavy atom. The Balaban J connectivity index is 2.23. The molecule has 2 aromatic rings. The van der Waals surface area contributed by atoms with Crippen LogP contribution >= 0.6 is 27.5 Å². The number of nitrogens with zero attached hydrogens (tertiary/aromatic N) is 1. The minimum absolute atomic E-state index is 0.00456. The summed E-state index contributed by atoms with van der Waals surface area (Å²) in [5.41, 5.74) is 0.645. The van der Waals surface area contributed by atoms with Crippen LogP contribution in [0.2, 0.25) is 5.02 Å². The maximum absolute atomic E-state index is 12.0. The number of carbonyl (C=O) groups excluding carboxylic acids is 1. The molecular weight excluding hydrogens is 348 g/mol. The molecule has 1 heterocycles. The fourth-order valence-electron chi connectivity index (χ4n) is 1.51. The van der Waals surface area contributed by atoms with Gasteiger partial charge < -0.3 is 10.4 Å². The van der Waals surface area contributed by atoms with Crippen LogP contribution in [0.3, 0.4) is 0 Å². The van der Waals surface area contributed by atoms with Gasteiger partial charge in [-0.2, -0.15) is 0 Å². The average Bonchev–Trinajstić information content (AvgIpc) is 2.37. The number of anilines is 1. The molecular formula is C13H8BrClN2O3. The Hall–Kier alpha value is -1.92. The van der Waals surface area contributed by atoms with Gasteiger partial charge in [0.15, 0.2) is 0 Å². The van der Waals surface area contributed by atoms with Crippen molar-refractivity contribution in [3.63, 3.8) is 0 Å². The van der Waals surface area contributed by atoms with Crippen molar-refractivity contribution in [2.75, 3.05) is 5.32 Å². The molecule has 0 aliphatic heterocycles. The molecule has 7 heteroatoms. The zero-order chi connectivity index (χ0) is 14.7. The lowest BCUT2D eigenvalue weighted by atomic mass is 10.2. The van der Waals surface area contributed by atoms with Gasteiger partial charge in [-0.3, -0.25) is 9.78 Å². The summed E-state index contributed by atoms with van der Waals surface area (Å²) in [6.07, 6.45) is 2.57. The number of hydrogen-bond donors (Lipinski definition) is 2. The van der Waals surface area contributed by atoms with Crippen molar-refractivity contribution in [2.24, 2.45) is 0 Å². The van der Waals surface area contributed by atoms with Crippen molar-refractivity contribution in [2.45, 2.75) is 0 Å². The van der Waals surface area contributed by atoms with Gasteiger partial charge in [0.05, 0.1) is 17.4 Å². The third-order valence-corrected chi connectivity index (χ3v) is 3.04. The Morgan fingerprint density at radius 2 is 1.90 bits per heavy atom. The van der Waals surface area contributed by atoms with Gasteiger partial charge in [0, 0.05) is 21.3 Å². The predicted octanol–water partition coefficient (Wildman–Crippen LogP) is 3.45. The second-order valence-corrected chi connectivity index (χ2v) is 5.23. The zero-order valence-corrected chi connectivity index (χ0v) is 12.3. The number of hydrogen-bond acceptors (Lipinski definition) is 3. The summed E-state index contributed by atoms with van der Waals surface area (Å²) in [4.78, 5) is 26.6. The molecule has 0 unspecified atom stereocenters. The van der Waals surface area contributed by atoms with Crippen LogP contribution in [0.25, 0.3) is 0 Å². The number of pyridine rings is 1. The lowest BCUT2D eigenvalue weighted by Gasteiger charge is -2.06. The second kappa shape index (κ2) is 6.02. The number of carboxylic acids is 1. The molecule has 1 amide bonds. The standard InChI is InChI=1S/C13H8BrClN2O3/c14-9-1-7(2-10(15)4-9)12(18)17-11-3-8(13(19)20)5-16-6-11/h1-6H,(H,17,18)(H,19,20). The number of aromatic nitrogens is 1. The molecule has 0 bridgehead atoms. The van der Waals surface area contributed by atoms with Crippen molar-refractivity contribution in [1.82, 2.24) is 4.98 Å². The Kier molecular flexibility index (Phi) is 4.36. The van der Waals surface area contributed by atoms with Gasteiger partial charge in [-0.15, -0.1) is 0 Å². The van der Waals surface area contributed by atoms with Gasteiger partial charge in [0.25, 0.3) is 5.91 Å². The van der Waals surface area contributed by atoms with E-state index < -0.39 is 11.9 Å². The molecule has 102 valence electrons. The topological polar surface area (TPSA) is 79.3 Å². The lowest BCUT2D eigenvalue weighted by molar-refractivity contribution is 0.0696. The number of halogens is 2. The molecule has 0 aliphatic rings. The summed E-state index contributed by atoms with van der Waals surface area (Å²) in [5.74, 6) is -1.52. The molecule has 20 heavy (non-hydrogen) atoms. The Labute approximate surface area is 127 Å². The normalized spacial score (nSPS) is 10.1. The summed E-state index contributed by atoms with van der Waals surface area (Å²) in [6.45, 7) is 0. The van der Waals surface area contributed by atoms with Crippen LogP contribution in [0.15, 0.2) is 41.1 Å². The van der Waals surface area contributed by atoms with Crippen molar-refractivity contribution < 1.29 is 14.7 Å². The maximum atomic E-state index is 12.0. The fourth-order valence-corrected chi connectivity index (χ4v) is 2.37. The summed E-state index contributed by atoms with van der Waals surface area (Å²) in [7, 11) is 0. The predicted molar refractivity (Wildman–Crippen MR) is 78.3 cm³/mol. The molecule has 0 spiro atoms. The molecule has 1 aromatic carbocycles. The monoisotopic (exact) mass is 354 g/mol. The first-order chi connectivity index (χ1) is 9.45. The third-order valence-electron chi connectivity index (χ3n) is 2.37. The summed E-state index contributed by atoms with van der Waals surface area (Å²) in [5, 5.41) is 11.8. The van der Waals surface area contributed by atoms with Gasteiger partial charge >= 0.3 is 5.97 Å². The second-order valence-electron chi connectivity index (χ2n) is 3.88. The van der Waals surface area contributed by atoms with E-state index in [2.05, 4.69) is 26.2 Å². The summed E-state index contributed by atoms with van der Waals surface area (Å²) < 4.78 is 0.674. The average molecular weight is 356 g/mol. The number of aromatic carboxylic acids is 1. The largest absolute Gasteiger partial charge is 0.478 e. The van der Waals surface area contributed by atoms with E-state index in [0.29, 0.717) is 20.7 Å². The molecule has 0 atom stereocenters. The highest BCUT2D eigenvalue weighted by Gasteiger charge is 2.10. The van der Waals surface area contributed by atoms with Gasteiger partial charge in [-0.1, -0.05) is 27.5 Å². The van der Waals surface area contributed by atoms with Gasteiger partial charge in [-0.25, -0.2) is 4.79 Å². The van der Waals surface area contributed by atoms with E-state index in [0.717, 1.165) is 0 Å². The quantitative estimate of drug-likeness (QED) is 0.884. The number of benzene rings is 1. The van der Waals surface area contributed by atoms with E-state index in [4.69, 9.17) is 16.7 Å². The van der Waals surface area contributed by atoms with Crippen LogP contribution in [0.1, 0.15) is 20.7 Å². The number of rotatable bonds is 3. The first-order valence-electron chi connectivity index (χ1n) is 5.41. The molecule has 5 nitrogen and oxygen atoms in total. The molecule has 2 rings (SSSR count). The number of nitrogens with one attached hydrogen (secondary N) is 1. The number of amides is 1. The third kappa shape index (κ3) is 3.55. The summed E-state index contributed by atoms with van der Waals surface area (Å²) >= 11 is 9.11. The molecule has 0 radical (unpaired) electrons. The minimum Gasteiger partial charge on any atom is -0.478 e. The first-order valence-corrected chi connectivity index (χ1v) is 6.58.